The molecule has 2 rings (SSSR count). The summed E-state index contributed by atoms with van der Waals surface area (Å²) in [7, 11) is 1.66. The molecule has 0 spiro atoms. The Kier molecular flexibility index (Phi) is 5.07. The molecule has 0 aliphatic rings. The van der Waals surface area contributed by atoms with Gasteiger partial charge in [0.15, 0.2) is 0 Å². The second-order valence-corrected chi connectivity index (χ2v) is 5.06. The van der Waals surface area contributed by atoms with Gasteiger partial charge in [0.1, 0.15) is 0 Å². The fourth-order valence-electron chi connectivity index (χ4n) is 1.79. The minimum Gasteiger partial charge on any atom is -0.383 e. The third-order valence-corrected chi connectivity index (χ3v) is 3.29. The fourth-order valence-corrected chi connectivity index (χ4v) is 2.15. The number of ether oxygens (including phenoxy) is 1. The molecule has 0 atom stereocenters. The highest BCUT2D eigenvalue weighted by molar-refractivity contribution is 9.10. The predicted octanol–water partition coefficient (Wildman–Crippen LogP) is 1.39. The van der Waals surface area contributed by atoms with Gasteiger partial charge in [-0.3, -0.25) is 9.36 Å². The smallest absolute Gasteiger partial charge is 0.261 e. The van der Waals surface area contributed by atoms with Crippen LogP contribution in [0, 0.1) is 0 Å². The monoisotopic (exact) mass is 325 g/mol. The Morgan fingerprint density at radius 3 is 3.05 bits per heavy atom. The number of rotatable bonds is 6. The summed E-state index contributed by atoms with van der Waals surface area (Å²) in [6.45, 7) is 2.75. The number of hydrogen-bond acceptors (Lipinski definition) is 4. The van der Waals surface area contributed by atoms with Gasteiger partial charge >= 0.3 is 0 Å². The molecule has 102 valence electrons. The summed E-state index contributed by atoms with van der Waals surface area (Å²) in [5.74, 6) is 0. The van der Waals surface area contributed by atoms with E-state index in [0.717, 1.165) is 16.5 Å². The second-order valence-electron chi connectivity index (χ2n) is 4.15. The molecule has 0 bridgehead atoms. The van der Waals surface area contributed by atoms with E-state index >= 15 is 0 Å². The summed E-state index contributed by atoms with van der Waals surface area (Å²) < 4.78 is 7.44. The number of methoxy groups -OCH3 is 1. The van der Waals surface area contributed by atoms with Gasteiger partial charge in [-0.25, -0.2) is 4.98 Å². The van der Waals surface area contributed by atoms with E-state index in [9.17, 15) is 4.79 Å². The summed E-state index contributed by atoms with van der Waals surface area (Å²) >= 11 is 3.37. The van der Waals surface area contributed by atoms with Crippen LogP contribution < -0.4 is 10.9 Å². The molecule has 0 saturated carbocycles. The van der Waals surface area contributed by atoms with E-state index in [4.69, 9.17) is 4.74 Å². The van der Waals surface area contributed by atoms with Crippen molar-refractivity contribution in [2.45, 2.75) is 6.54 Å². The van der Waals surface area contributed by atoms with Gasteiger partial charge in [-0.1, -0.05) is 15.9 Å². The van der Waals surface area contributed by atoms with Crippen LogP contribution in [0.1, 0.15) is 0 Å². The minimum absolute atomic E-state index is 0.0140. The van der Waals surface area contributed by atoms with Gasteiger partial charge in [-0.05, 0) is 18.2 Å². The molecule has 0 saturated heterocycles. The average Bonchev–Trinajstić information content (AvgIpc) is 2.41. The van der Waals surface area contributed by atoms with Crippen LogP contribution in [0.25, 0.3) is 10.9 Å². The van der Waals surface area contributed by atoms with E-state index in [1.165, 1.54) is 0 Å². The van der Waals surface area contributed by atoms with Crippen LogP contribution in [0.5, 0.6) is 0 Å². The lowest BCUT2D eigenvalue weighted by atomic mass is 10.2. The minimum atomic E-state index is -0.0140. The zero-order valence-corrected chi connectivity index (χ0v) is 12.3. The van der Waals surface area contributed by atoms with Crippen molar-refractivity contribution >= 4 is 26.8 Å². The number of nitrogens with one attached hydrogen (secondary N) is 1. The molecule has 1 aromatic heterocycles. The SMILES string of the molecule is COCCNCCn1cnc2ccc(Br)cc2c1=O. The van der Waals surface area contributed by atoms with Crippen LogP contribution >= 0.6 is 15.9 Å². The summed E-state index contributed by atoms with van der Waals surface area (Å²) in [5, 5.41) is 3.83. The van der Waals surface area contributed by atoms with Gasteiger partial charge in [-0.15, -0.1) is 0 Å². The van der Waals surface area contributed by atoms with Crippen molar-refractivity contribution in [2.24, 2.45) is 0 Å². The highest BCUT2D eigenvalue weighted by atomic mass is 79.9. The van der Waals surface area contributed by atoms with Crippen molar-refractivity contribution < 1.29 is 4.74 Å². The molecule has 0 fully saturated rings. The van der Waals surface area contributed by atoms with E-state index in [2.05, 4.69) is 26.2 Å². The number of fused-ring (bicyclic) bond motifs is 1. The first-order valence-electron chi connectivity index (χ1n) is 6.07. The Balaban J connectivity index is 2.11. The predicted molar refractivity (Wildman–Crippen MR) is 78.4 cm³/mol. The maximum atomic E-state index is 12.3. The topological polar surface area (TPSA) is 56.1 Å². The number of hydrogen-bond donors (Lipinski definition) is 1. The molecular formula is C13H16BrN3O2. The van der Waals surface area contributed by atoms with E-state index in [1.807, 2.05) is 12.1 Å². The van der Waals surface area contributed by atoms with E-state index in [0.29, 0.717) is 25.1 Å². The van der Waals surface area contributed by atoms with Crippen LogP contribution in [-0.2, 0) is 11.3 Å². The molecule has 0 aliphatic carbocycles. The molecule has 19 heavy (non-hydrogen) atoms. The summed E-state index contributed by atoms with van der Waals surface area (Å²) in [6.07, 6.45) is 1.59. The molecule has 0 aliphatic heterocycles. The maximum absolute atomic E-state index is 12.3. The van der Waals surface area contributed by atoms with Gasteiger partial charge in [0.25, 0.3) is 5.56 Å². The molecule has 0 unspecified atom stereocenters. The second kappa shape index (κ2) is 6.79. The van der Waals surface area contributed by atoms with Gasteiger partial charge in [-0.2, -0.15) is 0 Å². The number of benzene rings is 1. The van der Waals surface area contributed by atoms with Crippen LogP contribution in [0.3, 0.4) is 0 Å². The van der Waals surface area contributed by atoms with Crippen molar-refractivity contribution in [1.82, 2.24) is 14.9 Å². The Hall–Kier alpha value is -1.24. The molecule has 1 heterocycles. The molecule has 6 heteroatoms. The molecular weight excluding hydrogens is 310 g/mol. The zero-order valence-electron chi connectivity index (χ0n) is 10.7. The maximum Gasteiger partial charge on any atom is 0.261 e. The summed E-state index contributed by atoms with van der Waals surface area (Å²) in [6, 6.07) is 5.52. The Morgan fingerprint density at radius 2 is 2.26 bits per heavy atom. The van der Waals surface area contributed by atoms with Crippen LogP contribution in [0.15, 0.2) is 33.8 Å². The van der Waals surface area contributed by atoms with Gasteiger partial charge < -0.3 is 10.1 Å². The molecule has 0 amide bonds. The Bertz CT molecular complexity index is 612. The van der Waals surface area contributed by atoms with Gasteiger partial charge in [0.05, 0.1) is 23.8 Å². The van der Waals surface area contributed by atoms with Gasteiger partial charge in [0.2, 0.25) is 0 Å². The van der Waals surface area contributed by atoms with E-state index in [-0.39, 0.29) is 5.56 Å². The molecule has 1 N–H and O–H groups in total. The van der Waals surface area contributed by atoms with E-state index in [1.54, 1.807) is 24.1 Å². The fraction of sp³-hybridized carbons (Fsp3) is 0.385. The average molecular weight is 326 g/mol. The summed E-state index contributed by atoms with van der Waals surface area (Å²) in [5.41, 5.74) is 0.705. The third kappa shape index (κ3) is 3.62. The van der Waals surface area contributed by atoms with Crippen molar-refractivity contribution in [2.75, 3.05) is 26.8 Å². The number of nitrogens with zero attached hydrogens (tertiary/aromatic N) is 2. The Morgan fingerprint density at radius 1 is 1.42 bits per heavy atom. The third-order valence-electron chi connectivity index (χ3n) is 2.80. The van der Waals surface area contributed by atoms with Crippen molar-refractivity contribution in [1.29, 1.82) is 0 Å². The molecule has 5 nitrogen and oxygen atoms in total. The summed E-state index contributed by atoms with van der Waals surface area (Å²) in [4.78, 5) is 16.5. The van der Waals surface area contributed by atoms with Crippen molar-refractivity contribution in [3.05, 3.63) is 39.4 Å². The van der Waals surface area contributed by atoms with Crippen molar-refractivity contribution in [3.8, 4) is 0 Å². The quantitative estimate of drug-likeness (QED) is 0.815. The van der Waals surface area contributed by atoms with Gasteiger partial charge in [0, 0.05) is 31.2 Å². The first kappa shape index (κ1) is 14.2. The largest absolute Gasteiger partial charge is 0.383 e. The highest BCUT2D eigenvalue weighted by Gasteiger charge is 2.04. The van der Waals surface area contributed by atoms with Crippen LogP contribution in [0.2, 0.25) is 0 Å². The lowest BCUT2D eigenvalue weighted by Gasteiger charge is -2.07. The molecule has 0 radical (unpaired) electrons. The molecule has 2 aromatic rings. The first-order valence-corrected chi connectivity index (χ1v) is 6.86. The number of halogens is 1. The first-order chi connectivity index (χ1) is 9.22. The lowest BCUT2D eigenvalue weighted by Crippen LogP contribution is -2.29. The van der Waals surface area contributed by atoms with E-state index < -0.39 is 0 Å². The number of aromatic nitrogens is 2. The van der Waals surface area contributed by atoms with Crippen LogP contribution in [-0.4, -0.2) is 36.4 Å². The zero-order chi connectivity index (χ0) is 13.7. The van der Waals surface area contributed by atoms with Crippen LogP contribution in [0.4, 0.5) is 0 Å². The standard InChI is InChI=1S/C13H16BrN3O2/c1-19-7-5-15-4-6-17-9-16-12-3-2-10(14)8-11(12)13(17)18/h2-3,8-9,15H,4-7H2,1H3. The normalized spacial score (nSPS) is 11.1. The Labute approximate surface area is 119 Å². The molecule has 1 aromatic carbocycles. The van der Waals surface area contributed by atoms with Crippen molar-refractivity contribution in [3.63, 3.8) is 0 Å². The highest BCUT2D eigenvalue weighted by Crippen LogP contribution is 2.14. The lowest BCUT2D eigenvalue weighted by molar-refractivity contribution is 0.199.